The van der Waals surface area contributed by atoms with Crippen LogP contribution in [0.2, 0.25) is 5.02 Å². The molecule has 2 aliphatic rings. The molecule has 1 aliphatic carbocycles. The van der Waals surface area contributed by atoms with Crippen LogP contribution >= 0.6 is 11.6 Å². The van der Waals surface area contributed by atoms with Gasteiger partial charge in [-0.15, -0.1) is 0 Å². The molecule has 3 rings (SSSR count). The lowest BCUT2D eigenvalue weighted by Crippen LogP contribution is -2.47. The van der Waals surface area contributed by atoms with E-state index < -0.39 is 5.60 Å². The first-order valence-corrected chi connectivity index (χ1v) is 8.84. The molecule has 0 aromatic heterocycles. The van der Waals surface area contributed by atoms with Crippen molar-refractivity contribution in [1.82, 2.24) is 4.90 Å². The monoisotopic (exact) mass is 351 g/mol. The van der Waals surface area contributed by atoms with Crippen LogP contribution in [0.3, 0.4) is 0 Å². The molecule has 24 heavy (non-hydrogen) atoms. The maximum atomic E-state index is 12.2. The predicted molar refractivity (Wildman–Crippen MR) is 97.4 cm³/mol. The summed E-state index contributed by atoms with van der Waals surface area (Å²) in [7, 11) is 0. The number of benzene rings is 1. The molecular weight excluding hydrogens is 326 g/mol. The molecule has 1 amide bonds. The number of halogens is 1. The van der Waals surface area contributed by atoms with E-state index in [1.807, 2.05) is 37.8 Å². The normalized spacial score (nSPS) is 26.3. The molecule has 0 unspecified atom stereocenters. The first-order chi connectivity index (χ1) is 11.2. The molecule has 0 bridgehead atoms. The van der Waals surface area contributed by atoms with Gasteiger partial charge in [-0.2, -0.15) is 0 Å². The summed E-state index contributed by atoms with van der Waals surface area (Å²) >= 11 is 6.06. The van der Waals surface area contributed by atoms with Crippen LogP contribution < -0.4 is 11.1 Å². The topological polar surface area (TPSA) is 67.6 Å². The van der Waals surface area contributed by atoms with Gasteiger partial charge in [0.25, 0.3) is 0 Å². The smallest absolute Gasteiger partial charge is 0.410 e. The number of nitrogen functional groups attached to an aromatic ring is 1. The molecule has 1 spiro atoms. The van der Waals surface area contributed by atoms with Crippen molar-refractivity contribution < 1.29 is 9.53 Å². The Bertz CT molecular complexity index is 636. The molecule has 1 saturated carbocycles. The van der Waals surface area contributed by atoms with Gasteiger partial charge >= 0.3 is 6.09 Å². The lowest BCUT2D eigenvalue weighted by Gasteiger charge is -2.46. The third-order valence-electron chi connectivity index (χ3n) is 4.86. The van der Waals surface area contributed by atoms with Crippen LogP contribution in [-0.4, -0.2) is 35.7 Å². The van der Waals surface area contributed by atoms with Gasteiger partial charge in [0.15, 0.2) is 0 Å². The van der Waals surface area contributed by atoms with E-state index in [0.29, 0.717) is 16.8 Å². The van der Waals surface area contributed by atoms with Gasteiger partial charge in [0.1, 0.15) is 5.60 Å². The highest BCUT2D eigenvalue weighted by atomic mass is 35.5. The number of hydrogen-bond acceptors (Lipinski definition) is 4. The fourth-order valence-corrected chi connectivity index (χ4v) is 3.90. The van der Waals surface area contributed by atoms with E-state index in [4.69, 9.17) is 22.1 Å². The van der Waals surface area contributed by atoms with Crippen molar-refractivity contribution in [3.63, 3.8) is 0 Å². The van der Waals surface area contributed by atoms with E-state index in [0.717, 1.165) is 38.0 Å². The van der Waals surface area contributed by atoms with Crippen LogP contribution in [0.4, 0.5) is 16.2 Å². The van der Waals surface area contributed by atoms with Gasteiger partial charge in [-0.1, -0.05) is 17.7 Å². The first kappa shape index (κ1) is 17.2. The Morgan fingerprint density at radius 3 is 2.79 bits per heavy atom. The largest absolute Gasteiger partial charge is 0.444 e. The fraction of sp³-hybridized carbons (Fsp3) is 0.611. The van der Waals surface area contributed by atoms with Crippen molar-refractivity contribution in [2.45, 2.75) is 51.7 Å². The zero-order valence-electron chi connectivity index (χ0n) is 14.6. The van der Waals surface area contributed by atoms with Crippen molar-refractivity contribution in [3.05, 3.63) is 23.2 Å². The Labute approximate surface area is 148 Å². The van der Waals surface area contributed by atoms with Gasteiger partial charge in [-0.25, -0.2) is 4.79 Å². The number of likely N-dealkylation sites (tertiary alicyclic amines) is 1. The summed E-state index contributed by atoms with van der Waals surface area (Å²) in [6.07, 6.45) is 2.92. The lowest BCUT2D eigenvalue weighted by molar-refractivity contribution is 0.0237. The molecule has 2 fully saturated rings. The standard InChI is InChI=1S/C18H26ClN3O2/c1-17(2,3)24-16(23)22-8-7-18(11-22)9-12(10-18)21-14-6-4-5-13(19)15(14)20/h4-6,12,21H,7-11,20H2,1-3H3/t12-,18-. The molecular formula is C18H26ClN3O2. The molecule has 1 aromatic carbocycles. The first-order valence-electron chi connectivity index (χ1n) is 8.46. The van der Waals surface area contributed by atoms with Gasteiger partial charge in [0, 0.05) is 19.1 Å². The molecule has 1 aliphatic heterocycles. The van der Waals surface area contributed by atoms with Gasteiger partial charge < -0.3 is 20.7 Å². The summed E-state index contributed by atoms with van der Waals surface area (Å²) in [6.45, 7) is 7.26. The van der Waals surface area contributed by atoms with Crippen molar-refractivity contribution in [2.24, 2.45) is 5.41 Å². The summed E-state index contributed by atoms with van der Waals surface area (Å²) in [5.74, 6) is 0. The van der Waals surface area contributed by atoms with Gasteiger partial charge in [-0.05, 0) is 57.6 Å². The van der Waals surface area contributed by atoms with Crippen LogP contribution in [-0.2, 0) is 4.74 Å². The number of ether oxygens (including phenoxy) is 1. The Morgan fingerprint density at radius 1 is 1.42 bits per heavy atom. The lowest BCUT2D eigenvalue weighted by atomic mass is 9.65. The molecule has 0 radical (unpaired) electrons. The second-order valence-corrected chi connectivity index (χ2v) is 8.51. The highest BCUT2D eigenvalue weighted by Crippen LogP contribution is 2.49. The van der Waals surface area contributed by atoms with E-state index in [-0.39, 0.29) is 11.5 Å². The molecule has 1 heterocycles. The van der Waals surface area contributed by atoms with Crippen LogP contribution in [0, 0.1) is 5.41 Å². The van der Waals surface area contributed by atoms with Crippen LogP contribution in [0.15, 0.2) is 18.2 Å². The fourth-order valence-electron chi connectivity index (χ4n) is 3.72. The summed E-state index contributed by atoms with van der Waals surface area (Å²) < 4.78 is 5.48. The van der Waals surface area contributed by atoms with Crippen molar-refractivity contribution >= 4 is 29.1 Å². The third-order valence-corrected chi connectivity index (χ3v) is 5.19. The second-order valence-electron chi connectivity index (χ2n) is 8.10. The summed E-state index contributed by atoms with van der Waals surface area (Å²) in [5, 5.41) is 4.05. The molecule has 0 atom stereocenters. The van der Waals surface area contributed by atoms with Gasteiger partial charge in [-0.3, -0.25) is 0 Å². The SMILES string of the molecule is CC(C)(C)OC(=O)N1CC[C@]2(C1)C[C@H](Nc1cccc(Cl)c1N)C2. The maximum Gasteiger partial charge on any atom is 0.410 e. The van der Waals surface area contributed by atoms with Crippen molar-refractivity contribution in [3.8, 4) is 0 Å². The number of nitrogens with two attached hydrogens (primary N) is 1. The Morgan fingerprint density at radius 2 is 2.12 bits per heavy atom. The number of nitrogens with zero attached hydrogens (tertiary/aromatic N) is 1. The maximum absolute atomic E-state index is 12.2. The average Bonchev–Trinajstić information content (AvgIpc) is 2.87. The minimum atomic E-state index is -0.444. The number of hydrogen-bond donors (Lipinski definition) is 2. The predicted octanol–water partition coefficient (Wildman–Crippen LogP) is 4.12. The van der Waals surface area contributed by atoms with Crippen LogP contribution in [0.25, 0.3) is 0 Å². The molecule has 5 nitrogen and oxygen atoms in total. The number of amides is 1. The molecule has 6 heteroatoms. The van der Waals surface area contributed by atoms with E-state index in [1.54, 1.807) is 6.07 Å². The quantitative estimate of drug-likeness (QED) is 0.786. The van der Waals surface area contributed by atoms with Gasteiger partial charge in [0.2, 0.25) is 0 Å². The van der Waals surface area contributed by atoms with E-state index >= 15 is 0 Å². The number of carbonyl (C=O) groups is 1. The third kappa shape index (κ3) is 3.56. The Balaban J connectivity index is 1.53. The molecule has 132 valence electrons. The van der Waals surface area contributed by atoms with Crippen molar-refractivity contribution in [1.29, 1.82) is 0 Å². The van der Waals surface area contributed by atoms with Crippen LogP contribution in [0.5, 0.6) is 0 Å². The Hall–Kier alpha value is -1.62. The molecule has 1 aromatic rings. The van der Waals surface area contributed by atoms with E-state index in [1.165, 1.54) is 0 Å². The average molecular weight is 352 g/mol. The Kier molecular flexibility index (Phi) is 4.32. The minimum absolute atomic E-state index is 0.199. The molecule has 1 saturated heterocycles. The highest BCUT2D eigenvalue weighted by Gasteiger charge is 2.50. The van der Waals surface area contributed by atoms with Crippen LogP contribution in [0.1, 0.15) is 40.0 Å². The zero-order valence-corrected chi connectivity index (χ0v) is 15.3. The summed E-state index contributed by atoms with van der Waals surface area (Å²) in [5.41, 5.74) is 7.28. The number of nitrogens with one attached hydrogen (secondary N) is 1. The van der Waals surface area contributed by atoms with E-state index in [2.05, 4.69) is 5.32 Å². The number of anilines is 2. The molecule has 3 N–H and O–H groups in total. The minimum Gasteiger partial charge on any atom is -0.444 e. The zero-order chi connectivity index (χ0) is 17.5. The highest BCUT2D eigenvalue weighted by molar-refractivity contribution is 6.33. The number of carbonyl (C=O) groups excluding carboxylic acids is 1. The summed E-state index contributed by atoms with van der Waals surface area (Å²) in [4.78, 5) is 14.0. The van der Waals surface area contributed by atoms with E-state index in [9.17, 15) is 4.79 Å². The summed E-state index contributed by atoms with van der Waals surface area (Å²) in [6, 6.07) is 6.02. The second kappa shape index (κ2) is 6.03. The number of rotatable bonds is 2. The van der Waals surface area contributed by atoms with Crippen molar-refractivity contribution in [2.75, 3.05) is 24.1 Å². The van der Waals surface area contributed by atoms with Gasteiger partial charge in [0.05, 0.1) is 16.4 Å². The number of para-hydroxylation sites is 1.